The number of nitrogens with zero attached hydrogens (tertiary/aromatic N) is 2. The average Bonchev–Trinajstić information content (AvgIpc) is 3.18. The quantitative estimate of drug-likeness (QED) is 0.535. The van der Waals surface area contributed by atoms with Crippen molar-refractivity contribution < 1.29 is 18.7 Å². The normalized spacial score (nSPS) is 11.7. The van der Waals surface area contributed by atoms with E-state index < -0.39 is 0 Å². The van der Waals surface area contributed by atoms with Crippen LogP contribution in [0.2, 0.25) is 0 Å². The van der Waals surface area contributed by atoms with Gasteiger partial charge in [0.25, 0.3) is 11.1 Å². The first kappa shape index (κ1) is 20.7. The second kappa shape index (κ2) is 9.97. The molecule has 7 nitrogen and oxygen atoms in total. The Hall–Kier alpha value is -3.00. The minimum atomic E-state index is -0.376. The van der Waals surface area contributed by atoms with Crippen LogP contribution in [0.1, 0.15) is 23.9 Å². The first-order chi connectivity index (χ1) is 14.0. The highest BCUT2D eigenvalue weighted by Gasteiger charge is 2.18. The van der Waals surface area contributed by atoms with Gasteiger partial charge in [-0.15, -0.1) is 10.2 Å². The van der Waals surface area contributed by atoms with Crippen molar-refractivity contribution in [1.82, 2.24) is 15.5 Å². The summed E-state index contributed by atoms with van der Waals surface area (Å²) in [5, 5.41) is 10.8. The maximum atomic E-state index is 12.3. The average molecular weight is 413 g/mol. The topological polar surface area (TPSA) is 86.5 Å². The van der Waals surface area contributed by atoms with E-state index in [0.29, 0.717) is 17.7 Å². The Morgan fingerprint density at radius 2 is 1.97 bits per heavy atom. The van der Waals surface area contributed by atoms with Crippen molar-refractivity contribution in [3.63, 3.8) is 0 Å². The number of rotatable bonds is 9. The molecule has 0 saturated heterocycles. The van der Waals surface area contributed by atoms with Gasteiger partial charge in [0.1, 0.15) is 11.5 Å². The molecule has 1 aromatic heterocycles. The maximum absolute atomic E-state index is 12.3. The number of thioether (sulfide) groups is 1. The molecule has 0 spiro atoms. The zero-order valence-corrected chi connectivity index (χ0v) is 17.4. The van der Waals surface area contributed by atoms with Crippen LogP contribution in [0.15, 0.2) is 58.2 Å². The van der Waals surface area contributed by atoms with Crippen LogP contribution in [-0.4, -0.2) is 28.5 Å². The second-order valence-electron chi connectivity index (χ2n) is 6.39. The fourth-order valence-corrected chi connectivity index (χ4v) is 3.20. The molecule has 1 amide bonds. The number of hydrogen-bond acceptors (Lipinski definition) is 7. The number of methoxy groups -OCH3 is 1. The van der Waals surface area contributed by atoms with E-state index in [2.05, 4.69) is 15.5 Å². The monoisotopic (exact) mass is 413 g/mol. The predicted octanol–water partition coefficient (Wildman–Crippen LogP) is 3.76. The minimum Gasteiger partial charge on any atom is -0.497 e. The molecule has 0 aliphatic carbocycles. The number of amides is 1. The van der Waals surface area contributed by atoms with Crippen molar-refractivity contribution in [3.8, 4) is 11.5 Å². The Morgan fingerprint density at radius 1 is 1.17 bits per heavy atom. The molecule has 0 bridgehead atoms. The van der Waals surface area contributed by atoms with Crippen LogP contribution in [0.25, 0.3) is 0 Å². The number of ether oxygens (including phenoxy) is 2. The van der Waals surface area contributed by atoms with E-state index in [-0.39, 0.29) is 17.8 Å². The molecular formula is C21H23N3O4S. The molecule has 8 heteroatoms. The zero-order valence-electron chi connectivity index (χ0n) is 16.5. The first-order valence-corrected chi connectivity index (χ1v) is 10.0. The van der Waals surface area contributed by atoms with Crippen molar-refractivity contribution in [1.29, 1.82) is 0 Å². The molecule has 0 aliphatic heterocycles. The van der Waals surface area contributed by atoms with Gasteiger partial charge in [0.15, 0.2) is 6.61 Å². The van der Waals surface area contributed by atoms with E-state index in [9.17, 15) is 4.79 Å². The number of benzene rings is 2. The molecule has 0 radical (unpaired) electrons. The lowest BCUT2D eigenvalue weighted by molar-refractivity contribution is -0.120. The van der Waals surface area contributed by atoms with Gasteiger partial charge < -0.3 is 19.2 Å². The van der Waals surface area contributed by atoms with Gasteiger partial charge in [0, 0.05) is 6.54 Å². The summed E-state index contributed by atoms with van der Waals surface area (Å²) >= 11 is 1.21. The molecule has 2 aromatic carbocycles. The number of carbonyl (C=O) groups is 1. The Morgan fingerprint density at radius 3 is 2.69 bits per heavy atom. The summed E-state index contributed by atoms with van der Waals surface area (Å²) in [7, 11) is 1.62. The summed E-state index contributed by atoms with van der Waals surface area (Å²) in [5.41, 5.74) is 2.10. The van der Waals surface area contributed by atoms with Crippen molar-refractivity contribution in [2.75, 3.05) is 7.11 Å². The van der Waals surface area contributed by atoms with Crippen LogP contribution in [0.4, 0.5) is 0 Å². The number of aryl methyl sites for hydroxylation is 1. The molecule has 1 N–H and O–H groups in total. The largest absolute Gasteiger partial charge is 0.497 e. The molecule has 0 aliphatic rings. The Balaban J connectivity index is 1.45. The standard InChI is InChI=1S/C21H23N3O4S/c1-14-5-4-6-18(11-14)27-13-19-23-24-21(28-19)29-15(2)20(25)22-12-16-7-9-17(26-3)10-8-16/h4-11,15H,12-13H2,1-3H3,(H,22,25)/t15-/m0/s1. The van der Waals surface area contributed by atoms with Crippen LogP contribution in [0, 0.1) is 6.92 Å². The fourth-order valence-electron chi connectivity index (χ4n) is 2.48. The van der Waals surface area contributed by atoms with Crippen LogP contribution >= 0.6 is 11.8 Å². The van der Waals surface area contributed by atoms with Crippen LogP contribution in [0.5, 0.6) is 11.5 Å². The van der Waals surface area contributed by atoms with Gasteiger partial charge in [0.2, 0.25) is 5.91 Å². The highest BCUT2D eigenvalue weighted by atomic mass is 32.2. The number of hydrogen-bond donors (Lipinski definition) is 1. The van der Waals surface area contributed by atoms with E-state index in [1.165, 1.54) is 11.8 Å². The smallest absolute Gasteiger partial charge is 0.277 e. The summed E-state index contributed by atoms with van der Waals surface area (Å²) in [4.78, 5) is 12.3. The van der Waals surface area contributed by atoms with Crippen LogP contribution in [0.3, 0.4) is 0 Å². The van der Waals surface area contributed by atoms with Gasteiger partial charge in [-0.05, 0) is 49.2 Å². The SMILES string of the molecule is COc1ccc(CNC(=O)[C@H](C)Sc2nnc(COc3cccc(C)c3)o2)cc1. The lowest BCUT2D eigenvalue weighted by Gasteiger charge is -2.10. The number of aromatic nitrogens is 2. The van der Waals surface area contributed by atoms with Gasteiger partial charge in [-0.2, -0.15) is 0 Å². The van der Waals surface area contributed by atoms with Gasteiger partial charge >= 0.3 is 0 Å². The number of nitrogens with one attached hydrogen (secondary N) is 1. The maximum Gasteiger partial charge on any atom is 0.277 e. The van der Waals surface area contributed by atoms with Gasteiger partial charge in [0.05, 0.1) is 12.4 Å². The van der Waals surface area contributed by atoms with Gasteiger partial charge in [-0.1, -0.05) is 36.0 Å². The molecule has 1 heterocycles. The van der Waals surface area contributed by atoms with Crippen molar-refractivity contribution >= 4 is 17.7 Å². The molecule has 0 saturated carbocycles. The van der Waals surface area contributed by atoms with Crippen molar-refractivity contribution in [3.05, 3.63) is 65.5 Å². The predicted molar refractivity (Wildman–Crippen MR) is 110 cm³/mol. The summed E-state index contributed by atoms with van der Waals surface area (Å²) < 4.78 is 16.3. The van der Waals surface area contributed by atoms with E-state index in [1.54, 1.807) is 14.0 Å². The molecule has 1 atom stereocenters. The highest BCUT2D eigenvalue weighted by molar-refractivity contribution is 8.00. The first-order valence-electron chi connectivity index (χ1n) is 9.12. The third-order valence-electron chi connectivity index (χ3n) is 4.07. The molecule has 152 valence electrons. The Kier molecular flexibility index (Phi) is 7.13. The Bertz CT molecular complexity index is 943. The lowest BCUT2D eigenvalue weighted by atomic mass is 10.2. The third kappa shape index (κ3) is 6.25. The molecule has 3 rings (SSSR count). The van der Waals surface area contributed by atoms with Crippen molar-refractivity contribution in [2.24, 2.45) is 0 Å². The second-order valence-corrected chi connectivity index (χ2v) is 7.68. The molecule has 29 heavy (non-hydrogen) atoms. The third-order valence-corrected chi connectivity index (χ3v) is 5.01. The highest BCUT2D eigenvalue weighted by Crippen LogP contribution is 2.23. The van der Waals surface area contributed by atoms with Crippen LogP contribution in [-0.2, 0) is 17.9 Å². The fraction of sp³-hybridized carbons (Fsp3) is 0.286. The van der Waals surface area contributed by atoms with Gasteiger partial charge in [-0.3, -0.25) is 4.79 Å². The van der Waals surface area contributed by atoms with E-state index in [1.807, 2.05) is 55.5 Å². The summed E-state index contributed by atoms with van der Waals surface area (Å²) in [6.07, 6.45) is 0. The Labute approximate surface area is 173 Å². The molecule has 3 aromatic rings. The number of carbonyl (C=O) groups excluding carboxylic acids is 1. The van der Waals surface area contributed by atoms with Crippen LogP contribution < -0.4 is 14.8 Å². The molecule has 0 unspecified atom stereocenters. The van der Waals surface area contributed by atoms with E-state index in [0.717, 1.165) is 22.6 Å². The van der Waals surface area contributed by atoms with E-state index >= 15 is 0 Å². The van der Waals surface area contributed by atoms with E-state index in [4.69, 9.17) is 13.9 Å². The summed E-state index contributed by atoms with van der Waals surface area (Å²) in [5.74, 6) is 1.77. The molecule has 0 fully saturated rings. The summed E-state index contributed by atoms with van der Waals surface area (Å²) in [6, 6.07) is 15.3. The zero-order chi connectivity index (χ0) is 20.6. The minimum absolute atomic E-state index is 0.110. The lowest BCUT2D eigenvalue weighted by Crippen LogP contribution is -2.30. The summed E-state index contributed by atoms with van der Waals surface area (Å²) in [6.45, 7) is 4.40. The van der Waals surface area contributed by atoms with Crippen molar-refractivity contribution in [2.45, 2.75) is 37.5 Å². The van der Waals surface area contributed by atoms with Gasteiger partial charge in [-0.25, -0.2) is 0 Å². The molecular weight excluding hydrogens is 390 g/mol.